The SMILES string of the molecule is C[C@H](C(=O)OC(c1ccccc1)c1ccccc1)N1OC[C@@H]2O[C@@H]2C1=O. The number of benzene rings is 2. The van der Waals surface area contributed by atoms with Gasteiger partial charge < -0.3 is 9.47 Å². The molecule has 0 N–H and O–H groups in total. The topological polar surface area (TPSA) is 68.4 Å². The Labute approximate surface area is 151 Å². The van der Waals surface area contributed by atoms with Gasteiger partial charge in [-0.1, -0.05) is 60.7 Å². The molecule has 0 radical (unpaired) electrons. The van der Waals surface area contributed by atoms with E-state index in [2.05, 4.69) is 0 Å². The van der Waals surface area contributed by atoms with E-state index in [-0.39, 0.29) is 18.6 Å². The minimum absolute atomic E-state index is 0.177. The van der Waals surface area contributed by atoms with E-state index in [4.69, 9.17) is 14.3 Å². The lowest BCUT2D eigenvalue weighted by atomic mass is 10.0. The Hall–Kier alpha value is -2.70. The number of nitrogens with zero attached hydrogens (tertiary/aromatic N) is 1. The van der Waals surface area contributed by atoms with Crippen molar-refractivity contribution in [2.24, 2.45) is 0 Å². The lowest BCUT2D eigenvalue weighted by Gasteiger charge is -2.29. The normalized spacial score (nSPS) is 22.7. The molecule has 2 fully saturated rings. The number of carbonyl (C=O) groups excluding carboxylic acids is 2. The van der Waals surface area contributed by atoms with Crippen LogP contribution in [0.2, 0.25) is 0 Å². The Bertz CT molecular complexity index is 755. The first kappa shape index (κ1) is 16.8. The van der Waals surface area contributed by atoms with Crippen LogP contribution in [0.5, 0.6) is 0 Å². The summed E-state index contributed by atoms with van der Waals surface area (Å²) in [6.07, 6.45) is -1.22. The van der Waals surface area contributed by atoms with Crippen molar-refractivity contribution in [2.75, 3.05) is 6.61 Å². The van der Waals surface area contributed by atoms with Crippen LogP contribution in [-0.4, -0.2) is 41.8 Å². The van der Waals surface area contributed by atoms with Crippen LogP contribution in [0.25, 0.3) is 0 Å². The number of hydroxylamine groups is 2. The van der Waals surface area contributed by atoms with Crippen LogP contribution in [0, 0.1) is 0 Å². The second kappa shape index (κ2) is 6.90. The number of ether oxygens (including phenoxy) is 2. The maximum Gasteiger partial charge on any atom is 0.332 e. The smallest absolute Gasteiger partial charge is 0.332 e. The maximum absolute atomic E-state index is 12.7. The number of hydrogen-bond donors (Lipinski definition) is 0. The van der Waals surface area contributed by atoms with E-state index in [1.165, 1.54) is 0 Å². The molecule has 2 heterocycles. The molecule has 2 saturated heterocycles. The number of hydrogen-bond acceptors (Lipinski definition) is 5. The van der Waals surface area contributed by atoms with E-state index in [0.29, 0.717) is 0 Å². The van der Waals surface area contributed by atoms with E-state index in [0.717, 1.165) is 16.2 Å². The zero-order chi connectivity index (χ0) is 18.1. The van der Waals surface area contributed by atoms with Gasteiger partial charge in [-0.05, 0) is 18.1 Å². The quantitative estimate of drug-likeness (QED) is 0.609. The van der Waals surface area contributed by atoms with Crippen molar-refractivity contribution in [1.29, 1.82) is 0 Å². The molecule has 0 bridgehead atoms. The standard InChI is InChI=1S/C20H19NO5/c1-13(21-19(22)18-16(25-18)12-24-21)20(23)26-17(14-8-4-2-5-9-14)15-10-6-3-7-11-15/h2-11,13,16-18H,12H2,1H3/t13-,16+,18+/m1/s1. The molecule has 26 heavy (non-hydrogen) atoms. The van der Waals surface area contributed by atoms with Crippen LogP contribution in [0.4, 0.5) is 0 Å². The minimum atomic E-state index is -0.859. The molecule has 6 heteroatoms. The Balaban J connectivity index is 1.53. The second-order valence-corrected chi connectivity index (χ2v) is 6.37. The molecule has 1 amide bonds. The van der Waals surface area contributed by atoms with Crippen LogP contribution >= 0.6 is 0 Å². The molecule has 0 unspecified atom stereocenters. The van der Waals surface area contributed by atoms with Crippen LogP contribution in [0.3, 0.4) is 0 Å². The summed E-state index contributed by atoms with van der Waals surface area (Å²) in [5, 5.41) is 1.07. The van der Waals surface area contributed by atoms with Crippen molar-refractivity contribution in [1.82, 2.24) is 5.06 Å². The fourth-order valence-electron chi connectivity index (χ4n) is 3.03. The first-order chi connectivity index (χ1) is 12.6. The molecule has 6 nitrogen and oxygen atoms in total. The van der Waals surface area contributed by atoms with Crippen molar-refractivity contribution >= 4 is 11.9 Å². The summed E-state index contributed by atoms with van der Waals surface area (Å²) in [7, 11) is 0. The summed E-state index contributed by atoms with van der Waals surface area (Å²) in [6.45, 7) is 1.87. The van der Waals surface area contributed by atoms with Gasteiger partial charge in [0.15, 0.2) is 18.2 Å². The highest BCUT2D eigenvalue weighted by Gasteiger charge is 2.53. The maximum atomic E-state index is 12.7. The molecule has 134 valence electrons. The van der Waals surface area contributed by atoms with E-state index < -0.39 is 24.2 Å². The van der Waals surface area contributed by atoms with Gasteiger partial charge in [-0.25, -0.2) is 9.86 Å². The molecule has 0 saturated carbocycles. The Morgan fingerprint density at radius 3 is 2.23 bits per heavy atom. The largest absolute Gasteiger partial charge is 0.451 e. The van der Waals surface area contributed by atoms with E-state index in [9.17, 15) is 9.59 Å². The van der Waals surface area contributed by atoms with E-state index >= 15 is 0 Å². The zero-order valence-corrected chi connectivity index (χ0v) is 14.3. The van der Waals surface area contributed by atoms with Gasteiger partial charge in [-0.2, -0.15) is 0 Å². The van der Waals surface area contributed by atoms with Crippen molar-refractivity contribution in [3.8, 4) is 0 Å². The van der Waals surface area contributed by atoms with Crippen LogP contribution < -0.4 is 0 Å². The average molecular weight is 353 g/mol. The van der Waals surface area contributed by atoms with Crippen molar-refractivity contribution in [3.05, 3.63) is 71.8 Å². The molecule has 2 aromatic carbocycles. The lowest BCUT2D eigenvalue weighted by molar-refractivity contribution is -0.213. The number of carbonyl (C=O) groups is 2. The Kier molecular flexibility index (Phi) is 4.44. The van der Waals surface area contributed by atoms with E-state index in [1.807, 2.05) is 60.7 Å². The van der Waals surface area contributed by atoms with Gasteiger partial charge in [0, 0.05) is 0 Å². The van der Waals surface area contributed by atoms with Crippen molar-refractivity contribution in [2.45, 2.75) is 31.3 Å². The summed E-state index contributed by atoms with van der Waals surface area (Å²) in [5.74, 6) is -0.864. The Morgan fingerprint density at radius 2 is 1.65 bits per heavy atom. The first-order valence-corrected chi connectivity index (χ1v) is 8.57. The highest BCUT2D eigenvalue weighted by Crippen LogP contribution is 2.31. The predicted octanol–water partition coefficient (Wildman–Crippen LogP) is 2.25. The second-order valence-electron chi connectivity index (χ2n) is 6.37. The zero-order valence-electron chi connectivity index (χ0n) is 14.3. The molecule has 2 aromatic rings. The third-order valence-corrected chi connectivity index (χ3v) is 4.55. The molecule has 0 aromatic heterocycles. The molecule has 0 aliphatic carbocycles. The molecule has 2 aliphatic heterocycles. The summed E-state index contributed by atoms with van der Waals surface area (Å²) >= 11 is 0. The molecule has 2 aliphatic rings. The molecule has 3 atom stereocenters. The van der Waals surface area contributed by atoms with Gasteiger partial charge >= 0.3 is 5.97 Å². The first-order valence-electron chi connectivity index (χ1n) is 8.57. The fourth-order valence-corrected chi connectivity index (χ4v) is 3.03. The lowest BCUT2D eigenvalue weighted by Crippen LogP contribution is -2.49. The van der Waals surface area contributed by atoms with Crippen molar-refractivity contribution < 1.29 is 23.9 Å². The average Bonchev–Trinajstić information content (AvgIpc) is 3.48. The highest BCUT2D eigenvalue weighted by molar-refractivity contribution is 5.88. The summed E-state index contributed by atoms with van der Waals surface area (Å²) < 4.78 is 11.0. The highest BCUT2D eigenvalue weighted by atomic mass is 16.7. The van der Waals surface area contributed by atoms with Gasteiger partial charge in [0.1, 0.15) is 12.7 Å². The number of esters is 1. The number of amides is 1. The fraction of sp³-hybridized carbons (Fsp3) is 0.300. The monoisotopic (exact) mass is 353 g/mol. The van der Waals surface area contributed by atoms with Gasteiger partial charge in [0.2, 0.25) is 0 Å². The third kappa shape index (κ3) is 3.21. The van der Waals surface area contributed by atoms with Gasteiger partial charge in [0.05, 0.1) is 0 Å². The van der Waals surface area contributed by atoms with Crippen LogP contribution in [-0.2, 0) is 23.9 Å². The number of fused-ring (bicyclic) bond motifs is 1. The summed E-state index contributed by atoms with van der Waals surface area (Å²) in [5.41, 5.74) is 1.71. The van der Waals surface area contributed by atoms with Crippen LogP contribution in [0.15, 0.2) is 60.7 Å². The van der Waals surface area contributed by atoms with Gasteiger partial charge in [-0.15, -0.1) is 0 Å². The number of rotatable bonds is 5. The molecule has 4 rings (SSSR count). The number of epoxide rings is 1. The van der Waals surface area contributed by atoms with Crippen molar-refractivity contribution in [3.63, 3.8) is 0 Å². The third-order valence-electron chi connectivity index (χ3n) is 4.55. The van der Waals surface area contributed by atoms with E-state index in [1.54, 1.807) is 6.92 Å². The van der Waals surface area contributed by atoms with Gasteiger partial charge in [0.25, 0.3) is 5.91 Å². The molecular formula is C20H19NO5. The Morgan fingerprint density at radius 1 is 1.08 bits per heavy atom. The summed E-state index contributed by atoms with van der Waals surface area (Å²) in [6, 6.07) is 18.1. The van der Waals surface area contributed by atoms with Gasteiger partial charge in [-0.3, -0.25) is 9.63 Å². The summed E-state index contributed by atoms with van der Waals surface area (Å²) in [4.78, 5) is 30.3. The van der Waals surface area contributed by atoms with Crippen LogP contribution in [0.1, 0.15) is 24.2 Å². The minimum Gasteiger partial charge on any atom is -0.451 e. The predicted molar refractivity (Wildman–Crippen MR) is 91.7 cm³/mol. The molecular weight excluding hydrogens is 334 g/mol. The molecule has 0 spiro atoms.